The molecule has 0 bridgehead atoms. The number of nitrogens with zero attached hydrogens (tertiary/aromatic N) is 1. The van der Waals surface area contributed by atoms with Gasteiger partial charge in [-0.25, -0.2) is 5.43 Å². The average Bonchev–Trinajstić information content (AvgIpc) is 2.97. The molecule has 1 fully saturated rings. The van der Waals surface area contributed by atoms with Crippen LogP contribution in [0.2, 0.25) is 0 Å². The number of hydrogen-bond donors (Lipinski definition) is 3. The molecule has 0 radical (unpaired) electrons. The van der Waals surface area contributed by atoms with E-state index in [9.17, 15) is 4.79 Å². The summed E-state index contributed by atoms with van der Waals surface area (Å²) in [6, 6.07) is 11.4. The zero-order chi connectivity index (χ0) is 15.2. The van der Waals surface area contributed by atoms with Crippen LogP contribution in [0.4, 0.5) is 0 Å². The van der Waals surface area contributed by atoms with Gasteiger partial charge in [0, 0.05) is 24.7 Å². The van der Waals surface area contributed by atoms with Gasteiger partial charge in [-0.1, -0.05) is 30.3 Å². The van der Waals surface area contributed by atoms with E-state index in [0.29, 0.717) is 25.2 Å². The highest BCUT2D eigenvalue weighted by molar-refractivity contribution is 5.77. The van der Waals surface area contributed by atoms with Crippen molar-refractivity contribution in [1.29, 1.82) is 0 Å². The Labute approximate surface area is 127 Å². The Balaban J connectivity index is 1.87. The highest BCUT2D eigenvalue weighted by Crippen LogP contribution is 2.24. The highest BCUT2D eigenvalue weighted by atomic mass is 16.2. The lowest BCUT2D eigenvalue weighted by Gasteiger charge is -2.28. The van der Waals surface area contributed by atoms with Gasteiger partial charge in [-0.15, -0.1) is 0 Å². The number of benzene rings is 1. The van der Waals surface area contributed by atoms with E-state index in [0.717, 1.165) is 6.42 Å². The Kier molecular flexibility index (Phi) is 5.73. The molecule has 1 aromatic carbocycles. The standard InChI is InChI=1S/C16H26N4O/c1-4-17-16(21)11-20(3)12(2)14-10-15(19-18-14)13-8-6-5-7-9-13/h5-9,12,14-15,18-19H,4,10-11H2,1-3H3,(H,17,21). The lowest BCUT2D eigenvalue weighted by Crippen LogP contribution is -2.48. The van der Waals surface area contributed by atoms with Gasteiger partial charge in [0.25, 0.3) is 0 Å². The first-order chi connectivity index (χ1) is 10.1. The van der Waals surface area contributed by atoms with E-state index < -0.39 is 0 Å². The fourth-order valence-electron chi connectivity index (χ4n) is 2.73. The molecule has 1 amide bonds. The maximum absolute atomic E-state index is 11.7. The van der Waals surface area contributed by atoms with Gasteiger partial charge in [-0.2, -0.15) is 0 Å². The second-order valence-corrected chi connectivity index (χ2v) is 5.70. The van der Waals surface area contributed by atoms with Crippen LogP contribution in [0.3, 0.4) is 0 Å². The van der Waals surface area contributed by atoms with Crippen LogP contribution in [0.15, 0.2) is 30.3 Å². The summed E-state index contributed by atoms with van der Waals surface area (Å²) in [5.74, 6) is 0.0809. The summed E-state index contributed by atoms with van der Waals surface area (Å²) in [6.07, 6.45) is 1.02. The summed E-state index contributed by atoms with van der Waals surface area (Å²) < 4.78 is 0. The summed E-state index contributed by atoms with van der Waals surface area (Å²) in [5, 5.41) is 2.84. The van der Waals surface area contributed by atoms with Gasteiger partial charge in [0.15, 0.2) is 0 Å². The van der Waals surface area contributed by atoms with Crippen LogP contribution in [0.1, 0.15) is 31.9 Å². The van der Waals surface area contributed by atoms with Crippen molar-refractivity contribution in [3.05, 3.63) is 35.9 Å². The number of likely N-dealkylation sites (N-methyl/N-ethyl adjacent to an activating group) is 2. The van der Waals surface area contributed by atoms with E-state index in [1.807, 2.05) is 20.0 Å². The quantitative estimate of drug-likeness (QED) is 0.733. The molecule has 3 unspecified atom stereocenters. The molecule has 1 heterocycles. The van der Waals surface area contributed by atoms with Crippen molar-refractivity contribution in [2.45, 2.75) is 38.4 Å². The number of rotatable bonds is 6. The summed E-state index contributed by atoms with van der Waals surface area (Å²) in [7, 11) is 2.00. The van der Waals surface area contributed by atoms with Crippen molar-refractivity contribution in [2.24, 2.45) is 0 Å². The van der Waals surface area contributed by atoms with Gasteiger partial charge in [-0.05, 0) is 32.9 Å². The zero-order valence-corrected chi connectivity index (χ0v) is 13.1. The Bertz CT molecular complexity index is 451. The molecular weight excluding hydrogens is 264 g/mol. The number of carbonyl (C=O) groups is 1. The van der Waals surface area contributed by atoms with Gasteiger partial charge >= 0.3 is 0 Å². The predicted octanol–water partition coefficient (Wildman–Crippen LogP) is 1.05. The fourth-order valence-corrected chi connectivity index (χ4v) is 2.73. The Morgan fingerprint density at radius 3 is 2.76 bits per heavy atom. The first-order valence-electron chi connectivity index (χ1n) is 7.64. The maximum atomic E-state index is 11.7. The van der Waals surface area contributed by atoms with E-state index in [-0.39, 0.29) is 11.9 Å². The van der Waals surface area contributed by atoms with Crippen LogP contribution in [0.25, 0.3) is 0 Å². The van der Waals surface area contributed by atoms with Gasteiger partial charge in [0.05, 0.1) is 6.54 Å². The van der Waals surface area contributed by atoms with Crippen molar-refractivity contribution in [3.63, 3.8) is 0 Å². The van der Waals surface area contributed by atoms with Crippen LogP contribution in [0.5, 0.6) is 0 Å². The predicted molar refractivity (Wildman–Crippen MR) is 84.6 cm³/mol. The van der Waals surface area contributed by atoms with Crippen molar-refractivity contribution in [3.8, 4) is 0 Å². The molecule has 0 spiro atoms. The molecule has 3 N–H and O–H groups in total. The number of carbonyl (C=O) groups excluding carboxylic acids is 1. The van der Waals surface area contributed by atoms with Gasteiger partial charge in [0.1, 0.15) is 0 Å². The van der Waals surface area contributed by atoms with Gasteiger partial charge in [0.2, 0.25) is 5.91 Å². The molecule has 2 rings (SSSR count). The monoisotopic (exact) mass is 290 g/mol. The van der Waals surface area contributed by atoms with E-state index in [1.165, 1.54) is 5.56 Å². The van der Waals surface area contributed by atoms with Crippen LogP contribution in [-0.2, 0) is 4.79 Å². The van der Waals surface area contributed by atoms with E-state index in [4.69, 9.17) is 0 Å². The molecule has 1 aliphatic rings. The molecule has 116 valence electrons. The minimum absolute atomic E-state index is 0.0809. The molecule has 1 aromatic rings. The number of amides is 1. The van der Waals surface area contributed by atoms with E-state index in [2.05, 4.69) is 52.3 Å². The molecule has 21 heavy (non-hydrogen) atoms. The molecule has 0 aromatic heterocycles. The number of nitrogens with one attached hydrogen (secondary N) is 3. The maximum Gasteiger partial charge on any atom is 0.234 e. The van der Waals surface area contributed by atoms with Crippen LogP contribution in [0, 0.1) is 0 Å². The first kappa shape index (κ1) is 15.9. The first-order valence-corrected chi connectivity index (χ1v) is 7.64. The molecule has 0 saturated carbocycles. The van der Waals surface area contributed by atoms with Gasteiger partial charge in [-0.3, -0.25) is 15.1 Å². The Morgan fingerprint density at radius 2 is 2.10 bits per heavy atom. The van der Waals surface area contributed by atoms with Gasteiger partial charge < -0.3 is 5.32 Å². The molecule has 5 heteroatoms. The normalized spacial score (nSPS) is 23.2. The molecule has 0 aliphatic carbocycles. The molecule has 5 nitrogen and oxygen atoms in total. The molecule has 1 aliphatic heterocycles. The summed E-state index contributed by atoms with van der Waals surface area (Å²) in [4.78, 5) is 13.8. The topological polar surface area (TPSA) is 56.4 Å². The minimum atomic E-state index is 0.0809. The summed E-state index contributed by atoms with van der Waals surface area (Å²) in [5.41, 5.74) is 8.03. The van der Waals surface area contributed by atoms with Crippen molar-refractivity contribution >= 4 is 5.91 Å². The van der Waals surface area contributed by atoms with Crippen molar-refractivity contribution in [2.75, 3.05) is 20.1 Å². The third-order valence-corrected chi connectivity index (χ3v) is 4.18. The smallest absolute Gasteiger partial charge is 0.234 e. The zero-order valence-electron chi connectivity index (χ0n) is 13.1. The van der Waals surface area contributed by atoms with Crippen LogP contribution < -0.4 is 16.2 Å². The average molecular weight is 290 g/mol. The van der Waals surface area contributed by atoms with Crippen LogP contribution in [-0.4, -0.2) is 43.0 Å². The molecule has 3 atom stereocenters. The van der Waals surface area contributed by atoms with Crippen molar-refractivity contribution in [1.82, 2.24) is 21.1 Å². The fraction of sp³-hybridized carbons (Fsp3) is 0.562. The second kappa shape index (κ2) is 7.54. The molecule has 1 saturated heterocycles. The highest BCUT2D eigenvalue weighted by Gasteiger charge is 2.31. The summed E-state index contributed by atoms with van der Waals surface area (Å²) in [6.45, 7) is 5.21. The lowest BCUT2D eigenvalue weighted by atomic mass is 9.98. The van der Waals surface area contributed by atoms with E-state index >= 15 is 0 Å². The largest absolute Gasteiger partial charge is 0.355 e. The lowest BCUT2D eigenvalue weighted by molar-refractivity contribution is -0.122. The minimum Gasteiger partial charge on any atom is -0.355 e. The third-order valence-electron chi connectivity index (χ3n) is 4.18. The number of hydrogen-bond acceptors (Lipinski definition) is 4. The number of hydrazine groups is 1. The van der Waals surface area contributed by atoms with Crippen molar-refractivity contribution < 1.29 is 4.79 Å². The third kappa shape index (κ3) is 4.27. The van der Waals surface area contributed by atoms with E-state index in [1.54, 1.807) is 0 Å². The Hall–Kier alpha value is -1.43. The molecular formula is C16H26N4O. The Morgan fingerprint density at radius 1 is 1.38 bits per heavy atom. The van der Waals surface area contributed by atoms with Crippen LogP contribution >= 0.6 is 0 Å². The summed E-state index contributed by atoms with van der Waals surface area (Å²) >= 11 is 0. The SMILES string of the molecule is CCNC(=O)CN(C)C(C)C1CC(c2ccccc2)NN1. The second-order valence-electron chi connectivity index (χ2n) is 5.70.